The van der Waals surface area contributed by atoms with E-state index in [2.05, 4.69) is 5.32 Å². The quantitative estimate of drug-likeness (QED) is 0.650. The summed E-state index contributed by atoms with van der Waals surface area (Å²) < 4.78 is 47.5. The second kappa shape index (κ2) is 8.26. The highest BCUT2D eigenvalue weighted by atomic mass is 19.4. The number of ether oxygens (including phenoxy) is 1. The Morgan fingerprint density at radius 1 is 1.14 bits per heavy atom. The molecule has 6 nitrogen and oxygen atoms in total. The molecule has 0 radical (unpaired) electrons. The zero-order chi connectivity index (χ0) is 21.0. The highest BCUT2D eigenvalue weighted by Crippen LogP contribution is 2.26. The number of anilines is 1. The molecule has 2 N–H and O–H groups in total. The fourth-order valence-corrected chi connectivity index (χ4v) is 2.76. The summed E-state index contributed by atoms with van der Waals surface area (Å²) in [6.07, 6.45) is -3.12. The van der Waals surface area contributed by atoms with Crippen LogP contribution in [0.1, 0.15) is 15.9 Å². The first kappa shape index (κ1) is 20.2. The van der Waals surface area contributed by atoms with Gasteiger partial charge in [0.05, 0.1) is 31.0 Å². The number of carbonyl (C=O) groups excluding carboxylic acids is 2. The Bertz CT molecular complexity index is 1040. The number of para-hydroxylation sites is 1. The first-order valence-electron chi connectivity index (χ1n) is 8.55. The normalized spacial score (nSPS) is 11.3. The Balaban J connectivity index is 1.72. The van der Waals surface area contributed by atoms with Crippen LogP contribution in [0.15, 0.2) is 53.1 Å². The molecule has 152 valence electrons. The molecule has 3 rings (SSSR count). The number of halogens is 3. The molecular weight excluding hydrogens is 389 g/mol. The van der Waals surface area contributed by atoms with Crippen LogP contribution in [0, 0.1) is 0 Å². The second-order valence-corrected chi connectivity index (χ2v) is 6.19. The molecule has 0 saturated heterocycles. The monoisotopic (exact) mass is 406 g/mol. The number of alkyl halides is 3. The van der Waals surface area contributed by atoms with Crippen molar-refractivity contribution in [3.05, 3.63) is 59.9 Å². The summed E-state index contributed by atoms with van der Waals surface area (Å²) in [5.41, 5.74) is 1.23. The smallest absolute Gasteiger partial charge is 0.405 e. The molecule has 3 aromatic rings. The number of carbonyl (C=O) groups is 2. The topological polar surface area (TPSA) is 80.6 Å². The summed E-state index contributed by atoms with van der Waals surface area (Å²) in [6.45, 7) is -1.46. The van der Waals surface area contributed by atoms with Crippen LogP contribution in [0.3, 0.4) is 0 Å². The number of nitrogens with one attached hydrogen (secondary N) is 2. The summed E-state index contributed by atoms with van der Waals surface area (Å²) in [7, 11) is 1.53. The molecule has 0 unspecified atom stereocenters. The van der Waals surface area contributed by atoms with Gasteiger partial charge in [0, 0.05) is 17.0 Å². The summed E-state index contributed by atoms with van der Waals surface area (Å²) in [4.78, 5) is 24.5. The number of benzene rings is 2. The van der Waals surface area contributed by atoms with E-state index in [1.807, 2.05) is 0 Å². The summed E-state index contributed by atoms with van der Waals surface area (Å²) in [5, 5.41) is 5.09. The molecular formula is C20H17F3N2O4. The molecule has 0 aliphatic heterocycles. The van der Waals surface area contributed by atoms with Gasteiger partial charge < -0.3 is 19.8 Å². The predicted molar refractivity (Wildman–Crippen MR) is 99.9 cm³/mol. The predicted octanol–water partition coefficient (Wildman–Crippen LogP) is 3.91. The highest BCUT2D eigenvalue weighted by Gasteiger charge is 2.28. The van der Waals surface area contributed by atoms with Crippen molar-refractivity contribution >= 4 is 28.5 Å². The van der Waals surface area contributed by atoms with Crippen LogP contribution in [0.2, 0.25) is 0 Å². The lowest BCUT2D eigenvalue weighted by molar-refractivity contribution is -0.123. The van der Waals surface area contributed by atoms with Crippen LogP contribution in [0.5, 0.6) is 5.75 Å². The van der Waals surface area contributed by atoms with Crippen molar-refractivity contribution in [3.8, 4) is 5.75 Å². The third-order valence-electron chi connectivity index (χ3n) is 4.11. The lowest BCUT2D eigenvalue weighted by atomic mass is 10.1. The van der Waals surface area contributed by atoms with Crippen molar-refractivity contribution in [2.45, 2.75) is 12.6 Å². The molecule has 2 amide bonds. The van der Waals surface area contributed by atoms with Crippen LogP contribution in [0.25, 0.3) is 11.0 Å². The first-order valence-corrected chi connectivity index (χ1v) is 8.55. The molecule has 0 saturated carbocycles. The minimum Gasteiger partial charge on any atom is -0.497 e. The standard InChI is InChI=1S/C20H17F3N2O4/c1-28-13-6-7-14-12(10-29-17(14)9-13)8-18(26)25-16-5-3-2-4-15(16)19(27)24-11-20(21,22)23/h2-7,9-10H,8,11H2,1H3,(H,24,27)(H,25,26). The van der Waals surface area contributed by atoms with E-state index in [0.717, 1.165) is 5.39 Å². The molecule has 1 heterocycles. The van der Waals surface area contributed by atoms with Gasteiger partial charge in [-0.05, 0) is 24.3 Å². The Morgan fingerprint density at radius 2 is 1.90 bits per heavy atom. The number of rotatable bonds is 6. The third-order valence-corrected chi connectivity index (χ3v) is 4.11. The molecule has 29 heavy (non-hydrogen) atoms. The van der Waals surface area contributed by atoms with Crippen molar-refractivity contribution in [2.75, 3.05) is 19.0 Å². The maximum Gasteiger partial charge on any atom is 0.405 e. The van der Waals surface area contributed by atoms with E-state index < -0.39 is 24.5 Å². The van der Waals surface area contributed by atoms with Gasteiger partial charge in [0.25, 0.3) is 5.91 Å². The SMILES string of the molecule is COc1ccc2c(CC(=O)Nc3ccccc3C(=O)NCC(F)(F)F)coc2c1. The summed E-state index contributed by atoms with van der Waals surface area (Å²) in [5.74, 6) is -0.764. The minimum absolute atomic E-state index is 0.0438. The van der Waals surface area contributed by atoms with E-state index in [9.17, 15) is 22.8 Å². The van der Waals surface area contributed by atoms with Crippen molar-refractivity contribution in [1.82, 2.24) is 5.32 Å². The summed E-state index contributed by atoms with van der Waals surface area (Å²) in [6, 6.07) is 11.0. The number of furan rings is 1. The van der Waals surface area contributed by atoms with Crippen molar-refractivity contribution in [3.63, 3.8) is 0 Å². The van der Waals surface area contributed by atoms with Gasteiger partial charge in [0.2, 0.25) is 5.91 Å². The van der Waals surface area contributed by atoms with Crippen molar-refractivity contribution in [1.29, 1.82) is 0 Å². The average molecular weight is 406 g/mol. The lowest BCUT2D eigenvalue weighted by Crippen LogP contribution is -2.34. The second-order valence-electron chi connectivity index (χ2n) is 6.19. The van der Waals surface area contributed by atoms with Crippen LogP contribution < -0.4 is 15.4 Å². The Labute approximate surface area is 163 Å². The molecule has 0 fully saturated rings. The van der Waals surface area contributed by atoms with Gasteiger partial charge in [-0.3, -0.25) is 9.59 Å². The Hall–Kier alpha value is -3.49. The minimum atomic E-state index is -4.53. The lowest BCUT2D eigenvalue weighted by Gasteiger charge is -2.12. The van der Waals surface area contributed by atoms with Gasteiger partial charge in [-0.2, -0.15) is 13.2 Å². The van der Waals surface area contributed by atoms with E-state index in [4.69, 9.17) is 9.15 Å². The van der Waals surface area contributed by atoms with Gasteiger partial charge in [0.1, 0.15) is 17.9 Å². The van der Waals surface area contributed by atoms with Gasteiger partial charge >= 0.3 is 6.18 Å². The van der Waals surface area contributed by atoms with Crippen LogP contribution in [-0.2, 0) is 11.2 Å². The van der Waals surface area contributed by atoms with E-state index >= 15 is 0 Å². The fourth-order valence-electron chi connectivity index (χ4n) is 2.76. The third kappa shape index (κ3) is 5.07. The summed E-state index contributed by atoms with van der Waals surface area (Å²) >= 11 is 0. The molecule has 1 aromatic heterocycles. The highest BCUT2D eigenvalue weighted by molar-refractivity contribution is 6.04. The molecule has 0 aliphatic carbocycles. The number of hydrogen-bond donors (Lipinski definition) is 2. The first-order chi connectivity index (χ1) is 13.8. The van der Waals surface area contributed by atoms with Gasteiger partial charge in [0.15, 0.2) is 0 Å². The van der Waals surface area contributed by atoms with Crippen LogP contribution in [0.4, 0.5) is 18.9 Å². The van der Waals surface area contributed by atoms with Crippen LogP contribution in [-0.4, -0.2) is 31.6 Å². The molecule has 2 aromatic carbocycles. The molecule has 0 spiro atoms. The van der Waals surface area contributed by atoms with Gasteiger partial charge in [-0.15, -0.1) is 0 Å². The van der Waals surface area contributed by atoms with Crippen LogP contribution >= 0.6 is 0 Å². The maximum absolute atomic E-state index is 12.4. The average Bonchev–Trinajstić information content (AvgIpc) is 3.07. The largest absolute Gasteiger partial charge is 0.497 e. The molecule has 0 bridgehead atoms. The van der Waals surface area contributed by atoms with Crippen molar-refractivity contribution < 1.29 is 31.9 Å². The van der Waals surface area contributed by atoms with Gasteiger partial charge in [-0.1, -0.05) is 12.1 Å². The number of methoxy groups -OCH3 is 1. The van der Waals surface area contributed by atoms with Crippen molar-refractivity contribution in [2.24, 2.45) is 0 Å². The van der Waals surface area contributed by atoms with Gasteiger partial charge in [-0.25, -0.2) is 0 Å². The van der Waals surface area contributed by atoms with E-state index in [1.165, 1.54) is 31.6 Å². The number of amides is 2. The van der Waals surface area contributed by atoms with E-state index in [0.29, 0.717) is 16.9 Å². The Morgan fingerprint density at radius 3 is 2.62 bits per heavy atom. The van der Waals surface area contributed by atoms with E-state index in [-0.39, 0.29) is 17.7 Å². The molecule has 9 heteroatoms. The zero-order valence-electron chi connectivity index (χ0n) is 15.3. The van der Waals surface area contributed by atoms with E-state index in [1.54, 1.807) is 29.6 Å². The molecule has 0 atom stereocenters. The number of fused-ring (bicyclic) bond motifs is 1. The molecule has 0 aliphatic rings. The Kier molecular flexibility index (Phi) is 5.76. The zero-order valence-corrected chi connectivity index (χ0v) is 15.3. The fraction of sp³-hybridized carbons (Fsp3) is 0.200. The maximum atomic E-state index is 12.4. The number of hydrogen-bond acceptors (Lipinski definition) is 4.